The average molecular weight is 439 g/mol. The molecule has 1 N–H and O–H groups in total. The van der Waals surface area contributed by atoms with E-state index in [1.54, 1.807) is 12.1 Å². The van der Waals surface area contributed by atoms with E-state index in [4.69, 9.17) is 9.72 Å². The molecule has 0 spiro atoms. The fraction of sp³-hybridized carbons (Fsp3) is 0.391. The Morgan fingerprint density at radius 1 is 1.16 bits per heavy atom. The van der Waals surface area contributed by atoms with E-state index < -0.39 is 9.84 Å². The van der Waals surface area contributed by atoms with E-state index >= 15 is 0 Å². The third-order valence-corrected chi connectivity index (χ3v) is 7.65. The Morgan fingerprint density at radius 3 is 2.61 bits per heavy atom. The van der Waals surface area contributed by atoms with Gasteiger partial charge in [-0.2, -0.15) is 5.10 Å². The van der Waals surface area contributed by atoms with Gasteiger partial charge in [-0.25, -0.2) is 8.42 Å². The number of benzene rings is 1. The van der Waals surface area contributed by atoms with Gasteiger partial charge in [-0.15, -0.1) is 0 Å². The number of sulfone groups is 1. The predicted octanol–water partition coefficient (Wildman–Crippen LogP) is 4.28. The van der Waals surface area contributed by atoms with E-state index in [1.807, 2.05) is 25.4 Å². The molecule has 31 heavy (non-hydrogen) atoms. The first kappa shape index (κ1) is 20.2. The van der Waals surface area contributed by atoms with Crippen molar-refractivity contribution in [3.05, 3.63) is 42.4 Å². The molecule has 4 aromatic rings. The van der Waals surface area contributed by atoms with Crippen LogP contribution in [-0.2, 0) is 14.6 Å². The summed E-state index contributed by atoms with van der Waals surface area (Å²) in [4.78, 5) is 5.14. The number of H-pyrrole nitrogens is 1. The molecule has 1 atom stereocenters. The topological polar surface area (TPSA) is 89.9 Å². The van der Waals surface area contributed by atoms with Crippen molar-refractivity contribution < 1.29 is 13.2 Å². The number of hydrogen-bond donors (Lipinski definition) is 1. The monoisotopic (exact) mass is 438 g/mol. The number of nitrogens with one attached hydrogen (secondary N) is 1. The summed E-state index contributed by atoms with van der Waals surface area (Å²) in [5.74, 6) is 0.453. The highest BCUT2D eigenvalue weighted by Gasteiger charge is 2.26. The van der Waals surface area contributed by atoms with Crippen LogP contribution < -0.4 is 0 Å². The Labute approximate surface area is 181 Å². The van der Waals surface area contributed by atoms with Crippen molar-refractivity contribution in [3.8, 4) is 11.1 Å². The van der Waals surface area contributed by atoms with Crippen LogP contribution in [0.3, 0.4) is 0 Å². The number of aryl methyl sites for hydroxylation is 1. The van der Waals surface area contributed by atoms with E-state index in [2.05, 4.69) is 27.8 Å². The summed E-state index contributed by atoms with van der Waals surface area (Å²) >= 11 is 0. The molecule has 0 unspecified atom stereocenters. The van der Waals surface area contributed by atoms with Gasteiger partial charge in [0.25, 0.3) is 0 Å². The molecule has 5 rings (SSSR count). The number of fused-ring (bicyclic) bond motifs is 3. The Balaban J connectivity index is 1.79. The van der Waals surface area contributed by atoms with Crippen LogP contribution in [0.15, 0.2) is 41.6 Å². The lowest BCUT2D eigenvalue weighted by atomic mass is 9.92. The van der Waals surface area contributed by atoms with Crippen LogP contribution in [0.2, 0.25) is 0 Å². The number of ether oxygens (including phenoxy) is 1. The van der Waals surface area contributed by atoms with Gasteiger partial charge in [-0.3, -0.25) is 10.1 Å². The zero-order valence-corrected chi connectivity index (χ0v) is 18.7. The predicted molar refractivity (Wildman–Crippen MR) is 121 cm³/mol. The minimum absolute atomic E-state index is 0.182. The van der Waals surface area contributed by atoms with Crippen LogP contribution in [0.1, 0.15) is 31.5 Å². The molecule has 8 heteroatoms. The second-order valence-electron chi connectivity index (χ2n) is 8.51. The van der Waals surface area contributed by atoms with Gasteiger partial charge >= 0.3 is 0 Å². The molecule has 4 heterocycles. The van der Waals surface area contributed by atoms with Crippen LogP contribution in [0.4, 0.5) is 0 Å². The van der Waals surface area contributed by atoms with Crippen molar-refractivity contribution in [1.82, 2.24) is 19.7 Å². The molecule has 0 aliphatic carbocycles. The zero-order chi connectivity index (χ0) is 21.8. The van der Waals surface area contributed by atoms with Gasteiger partial charge in [0.05, 0.1) is 27.6 Å². The summed E-state index contributed by atoms with van der Waals surface area (Å²) in [5.41, 5.74) is 5.80. The van der Waals surface area contributed by atoms with Crippen LogP contribution in [-0.4, -0.2) is 47.6 Å². The van der Waals surface area contributed by atoms with Crippen molar-refractivity contribution in [1.29, 1.82) is 0 Å². The fourth-order valence-electron chi connectivity index (χ4n) is 4.75. The van der Waals surface area contributed by atoms with Gasteiger partial charge in [-0.1, -0.05) is 0 Å². The van der Waals surface area contributed by atoms with Gasteiger partial charge in [0.1, 0.15) is 0 Å². The van der Waals surface area contributed by atoms with E-state index in [-0.39, 0.29) is 6.04 Å². The Hall–Kier alpha value is -2.71. The highest BCUT2D eigenvalue weighted by molar-refractivity contribution is 7.90. The molecule has 0 saturated carbocycles. The third-order valence-electron chi connectivity index (χ3n) is 6.54. The molecule has 1 fully saturated rings. The first-order chi connectivity index (χ1) is 14.8. The van der Waals surface area contributed by atoms with E-state index in [0.29, 0.717) is 10.8 Å². The van der Waals surface area contributed by atoms with Gasteiger partial charge in [0.2, 0.25) is 0 Å². The number of aromatic amines is 1. The maximum Gasteiger partial charge on any atom is 0.175 e. The van der Waals surface area contributed by atoms with E-state index in [9.17, 15) is 8.42 Å². The van der Waals surface area contributed by atoms with Crippen LogP contribution in [0, 0.1) is 12.8 Å². The Kier molecular flexibility index (Phi) is 4.86. The number of pyridine rings is 1. The second kappa shape index (κ2) is 7.46. The lowest BCUT2D eigenvalue weighted by molar-refractivity contribution is 0.0525. The minimum atomic E-state index is -3.31. The smallest absolute Gasteiger partial charge is 0.175 e. The maximum atomic E-state index is 12.3. The van der Waals surface area contributed by atoms with Gasteiger partial charge in [0.15, 0.2) is 9.84 Å². The largest absolute Gasteiger partial charge is 0.381 e. The fourth-order valence-corrected chi connectivity index (χ4v) is 5.39. The van der Waals surface area contributed by atoms with Crippen molar-refractivity contribution >= 4 is 31.8 Å². The SMILES string of the molecule is Cc1[nH]ncc1-c1cnc2c3ccc(S(C)(=O)=O)cc3n([C@H](C)C3CCOCC3)c2c1. The van der Waals surface area contributed by atoms with Crippen LogP contribution in [0.25, 0.3) is 33.1 Å². The molecule has 3 aromatic heterocycles. The van der Waals surface area contributed by atoms with Crippen LogP contribution >= 0.6 is 0 Å². The third kappa shape index (κ3) is 3.43. The quantitative estimate of drug-likeness (QED) is 0.514. The molecular formula is C23H26N4O3S. The molecule has 1 aliphatic rings. The van der Waals surface area contributed by atoms with Crippen molar-refractivity contribution in [2.24, 2.45) is 5.92 Å². The lowest BCUT2D eigenvalue weighted by Gasteiger charge is -2.30. The number of hydrogen-bond acceptors (Lipinski definition) is 5. The molecule has 0 radical (unpaired) electrons. The first-order valence-electron chi connectivity index (χ1n) is 10.6. The lowest BCUT2D eigenvalue weighted by Crippen LogP contribution is -2.24. The number of aromatic nitrogens is 4. The first-order valence-corrected chi connectivity index (χ1v) is 12.5. The summed E-state index contributed by atoms with van der Waals surface area (Å²) in [6.07, 6.45) is 6.91. The highest BCUT2D eigenvalue weighted by atomic mass is 32.2. The van der Waals surface area contributed by atoms with E-state index in [0.717, 1.165) is 64.8 Å². The summed E-state index contributed by atoms with van der Waals surface area (Å²) < 4.78 is 32.4. The average Bonchev–Trinajstić information content (AvgIpc) is 3.33. The minimum Gasteiger partial charge on any atom is -0.381 e. The molecule has 0 amide bonds. The molecule has 7 nitrogen and oxygen atoms in total. The molecule has 162 valence electrons. The summed E-state index contributed by atoms with van der Waals surface area (Å²) in [6, 6.07) is 7.69. The molecule has 1 aliphatic heterocycles. The van der Waals surface area contributed by atoms with Gasteiger partial charge in [-0.05, 0) is 56.9 Å². The summed E-state index contributed by atoms with van der Waals surface area (Å²) in [5, 5.41) is 8.11. The van der Waals surface area contributed by atoms with Gasteiger partial charge < -0.3 is 9.30 Å². The Bertz CT molecular complexity index is 1380. The molecule has 0 bridgehead atoms. The molecule has 1 aromatic carbocycles. The van der Waals surface area contributed by atoms with Crippen molar-refractivity contribution in [2.45, 2.75) is 37.6 Å². The summed E-state index contributed by atoms with van der Waals surface area (Å²) in [6.45, 7) is 5.74. The van der Waals surface area contributed by atoms with Crippen molar-refractivity contribution in [2.75, 3.05) is 19.5 Å². The normalized spacial score (nSPS) is 16.9. The standard InChI is InChI=1S/C23H26N4O3S/c1-14-20(13-25-26-14)17-10-22-23(24-12-17)19-5-4-18(31(3,28)29)11-21(19)27(22)15(2)16-6-8-30-9-7-16/h4-5,10-13,15-16H,6-9H2,1-3H3,(H,25,26)/t15-/m1/s1. The zero-order valence-electron chi connectivity index (χ0n) is 17.9. The second-order valence-corrected chi connectivity index (χ2v) is 10.5. The van der Waals surface area contributed by atoms with Crippen LogP contribution in [0.5, 0.6) is 0 Å². The maximum absolute atomic E-state index is 12.3. The molecule has 1 saturated heterocycles. The highest BCUT2D eigenvalue weighted by Crippen LogP contribution is 2.38. The summed E-state index contributed by atoms with van der Waals surface area (Å²) in [7, 11) is -3.31. The number of rotatable bonds is 4. The van der Waals surface area contributed by atoms with Gasteiger partial charge in [0, 0.05) is 53.9 Å². The Morgan fingerprint density at radius 2 is 1.94 bits per heavy atom. The van der Waals surface area contributed by atoms with Crippen molar-refractivity contribution in [3.63, 3.8) is 0 Å². The number of nitrogens with zero attached hydrogens (tertiary/aromatic N) is 3. The van der Waals surface area contributed by atoms with E-state index in [1.165, 1.54) is 6.26 Å². The molecular weight excluding hydrogens is 412 g/mol.